The number of aliphatic hydroxyl groups excluding tert-OH is 1. The molecule has 1 N–H and O–H groups in total. The number of hydrogen-bond acceptors (Lipinski definition) is 2. The van der Waals surface area contributed by atoms with E-state index in [4.69, 9.17) is 16.3 Å². The fourth-order valence-corrected chi connectivity index (χ4v) is 1.26. The highest BCUT2D eigenvalue weighted by atomic mass is 19.4. The highest BCUT2D eigenvalue weighted by Gasteiger charge is 2.30. The van der Waals surface area contributed by atoms with Gasteiger partial charge in [-0.15, -0.1) is 6.42 Å². The van der Waals surface area contributed by atoms with Gasteiger partial charge in [-0.3, -0.25) is 0 Å². The zero-order valence-corrected chi connectivity index (χ0v) is 8.87. The van der Waals surface area contributed by atoms with Gasteiger partial charge in [-0.05, 0) is 17.7 Å². The van der Waals surface area contributed by atoms with E-state index in [1.54, 1.807) is 0 Å². The molecule has 0 amide bonds. The molecule has 2 nitrogen and oxygen atoms in total. The maximum absolute atomic E-state index is 12.3. The van der Waals surface area contributed by atoms with E-state index in [1.807, 2.05) is 0 Å². The summed E-state index contributed by atoms with van der Waals surface area (Å²) in [7, 11) is 0. The van der Waals surface area contributed by atoms with E-state index >= 15 is 0 Å². The summed E-state index contributed by atoms with van der Waals surface area (Å²) in [5, 5.41) is 8.57. The van der Waals surface area contributed by atoms with Crippen molar-refractivity contribution in [2.24, 2.45) is 0 Å². The third kappa shape index (κ3) is 3.77. The molecule has 1 unspecified atom stereocenters. The Bertz CT molecular complexity index is 390. The van der Waals surface area contributed by atoms with Crippen molar-refractivity contribution in [2.75, 3.05) is 13.2 Å². The minimum absolute atomic E-state index is 0.0376. The van der Waals surface area contributed by atoms with Crippen molar-refractivity contribution >= 4 is 0 Å². The molecular formula is C12H11F3O2. The summed E-state index contributed by atoms with van der Waals surface area (Å²) in [5.74, 6) is 2.30. The number of aliphatic hydroxyl groups is 1. The average molecular weight is 244 g/mol. The van der Waals surface area contributed by atoms with Crippen LogP contribution in [0.5, 0.6) is 0 Å². The first-order valence-electron chi connectivity index (χ1n) is 4.84. The summed E-state index contributed by atoms with van der Waals surface area (Å²) in [6.07, 6.45) is 0.0797. The van der Waals surface area contributed by atoms with Gasteiger partial charge < -0.3 is 9.84 Å². The second-order valence-electron chi connectivity index (χ2n) is 3.26. The molecule has 0 aliphatic heterocycles. The van der Waals surface area contributed by atoms with Gasteiger partial charge in [0.15, 0.2) is 0 Å². The van der Waals surface area contributed by atoms with Crippen LogP contribution in [0.4, 0.5) is 13.2 Å². The Morgan fingerprint density at radius 2 is 1.88 bits per heavy atom. The summed E-state index contributed by atoms with van der Waals surface area (Å²) in [6.45, 7) is -0.158. The zero-order valence-electron chi connectivity index (χ0n) is 8.87. The number of benzene rings is 1. The van der Waals surface area contributed by atoms with Gasteiger partial charge in [0.2, 0.25) is 0 Å². The predicted octanol–water partition coefficient (Wildman–Crippen LogP) is 2.39. The molecule has 0 bridgehead atoms. The number of ether oxygens (including phenoxy) is 1. The summed E-state index contributed by atoms with van der Waals surface area (Å²) < 4.78 is 42.0. The standard InChI is InChI=1S/C12H11F3O2/c1-2-11(17-8-7-16)9-3-5-10(6-4-9)12(13,14)15/h1,3-6,11,16H,7-8H2. The highest BCUT2D eigenvalue weighted by molar-refractivity contribution is 5.29. The van der Waals surface area contributed by atoms with Crippen molar-refractivity contribution in [1.82, 2.24) is 0 Å². The third-order valence-corrected chi connectivity index (χ3v) is 2.07. The summed E-state index contributed by atoms with van der Waals surface area (Å²) >= 11 is 0. The smallest absolute Gasteiger partial charge is 0.394 e. The Morgan fingerprint density at radius 1 is 1.29 bits per heavy atom. The van der Waals surface area contributed by atoms with Crippen LogP contribution in [0.3, 0.4) is 0 Å². The molecule has 0 fully saturated rings. The van der Waals surface area contributed by atoms with Gasteiger partial charge >= 0.3 is 6.18 Å². The molecule has 1 atom stereocenters. The molecule has 0 aliphatic carbocycles. The molecule has 92 valence electrons. The SMILES string of the molecule is C#CC(OCCO)c1ccc(C(F)(F)F)cc1. The van der Waals surface area contributed by atoms with Crippen LogP contribution in [0.2, 0.25) is 0 Å². The number of hydrogen-bond donors (Lipinski definition) is 1. The van der Waals surface area contributed by atoms with Gasteiger partial charge in [-0.1, -0.05) is 18.1 Å². The summed E-state index contributed by atoms with van der Waals surface area (Å²) in [5.41, 5.74) is -0.284. The van der Waals surface area contributed by atoms with E-state index < -0.39 is 17.8 Å². The fraction of sp³-hybridized carbons (Fsp3) is 0.333. The predicted molar refractivity (Wildman–Crippen MR) is 56.1 cm³/mol. The molecule has 5 heteroatoms. The van der Waals surface area contributed by atoms with E-state index in [0.29, 0.717) is 5.56 Å². The van der Waals surface area contributed by atoms with Crippen LogP contribution in [-0.2, 0) is 10.9 Å². The second-order valence-corrected chi connectivity index (χ2v) is 3.26. The Hall–Kier alpha value is -1.51. The Labute approximate surface area is 97.0 Å². The van der Waals surface area contributed by atoms with E-state index in [9.17, 15) is 13.2 Å². The molecule has 1 aromatic carbocycles. The molecule has 0 radical (unpaired) electrons. The van der Waals surface area contributed by atoms with Crippen LogP contribution in [-0.4, -0.2) is 18.3 Å². The van der Waals surface area contributed by atoms with Gasteiger partial charge in [-0.2, -0.15) is 13.2 Å². The van der Waals surface area contributed by atoms with Crippen LogP contribution >= 0.6 is 0 Å². The van der Waals surface area contributed by atoms with Crippen LogP contribution in [0.1, 0.15) is 17.2 Å². The first kappa shape index (κ1) is 13.6. The Morgan fingerprint density at radius 3 is 2.29 bits per heavy atom. The van der Waals surface area contributed by atoms with E-state index in [0.717, 1.165) is 12.1 Å². The van der Waals surface area contributed by atoms with Gasteiger partial charge in [0.1, 0.15) is 6.10 Å². The van der Waals surface area contributed by atoms with Crippen LogP contribution < -0.4 is 0 Å². The van der Waals surface area contributed by atoms with E-state index in [2.05, 4.69) is 5.92 Å². The largest absolute Gasteiger partial charge is 0.416 e. The topological polar surface area (TPSA) is 29.5 Å². The van der Waals surface area contributed by atoms with E-state index in [-0.39, 0.29) is 13.2 Å². The van der Waals surface area contributed by atoms with E-state index in [1.165, 1.54) is 12.1 Å². The fourth-order valence-electron chi connectivity index (χ4n) is 1.26. The number of terminal acetylenes is 1. The number of halogens is 3. The Balaban J connectivity index is 2.83. The first-order valence-corrected chi connectivity index (χ1v) is 4.84. The summed E-state index contributed by atoms with van der Waals surface area (Å²) in [4.78, 5) is 0. The van der Waals surface area contributed by atoms with Gasteiger partial charge in [0, 0.05) is 0 Å². The van der Waals surface area contributed by atoms with Crippen molar-refractivity contribution in [3.63, 3.8) is 0 Å². The molecule has 0 saturated heterocycles. The van der Waals surface area contributed by atoms with Crippen molar-refractivity contribution in [3.8, 4) is 12.3 Å². The van der Waals surface area contributed by atoms with Crippen molar-refractivity contribution < 1.29 is 23.0 Å². The second kappa shape index (κ2) is 5.71. The van der Waals surface area contributed by atoms with Gasteiger partial charge in [0.25, 0.3) is 0 Å². The van der Waals surface area contributed by atoms with Crippen molar-refractivity contribution in [2.45, 2.75) is 12.3 Å². The quantitative estimate of drug-likeness (QED) is 0.824. The third-order valence-electron chi connectivity index (χ3n) is 2.07. The van der Waals surface area contributed by atoms with Gasteiger partial charge in [0.05, 0.1) is 18.8 Å². The average Bonchev–Trinajstić information content (AvgIpc) is 2.29. The molecule has 1 aromatic rings. The lowest BCUT2D eigenvalue weighted by Gasteiger charge is -2.13. The lowest BCUT2D eigenvalue weighted by molar-refractivity contribution is -0.137. The minimum atomic E-state index is -4.36. The molecule has 0 saturated carbocycles. The first-order chi connectivity index (χ1) is 7.99. The number of rotatable bonds is 4. The van der Waals surface area contributed by atoms with Crippen LogP contribution in [0.15, 0.2) is 24.3 Å². The van der Waals surface area contributed by atoms with Crippen LogP contribution in [0.25, 0.3) is 0 Å². The van der Waals surface area contributed by atoms with Gasteiger partial charge in [-0.25, -0.2) is 0 Å². The summed E-state index contributed by atoms with van der Waals surface area (Å²) in [6, 6.07) is 4.43. The highest BCUT2D eigenvalue weighted by Crippen LogP contribution is 2.30. The maximum atomic E-state index is 12.3. The normalized spacial score (nSPS) is 13.1. The molecular weight excluding hydrogens is 233 g/mol. The van der Waals surface area contributed by atoms with Crippen molar-refractivity contribution in [3.05, 3.63) is 35.4 Å². The minimum Gasteiger partial charge on any atom is -0.394 e. The Kier molecular flexibility index (Phi) is 4.55. The molecule has 0 heterocycles. The lowest BCUT2D eigenvalue weighted by atomic mass is 10.1. The monoisotopic (exact) mass is 244 g/mol. The molecule has 0 aliphatic rings. The molecule has 1 rings (SSSR count). The maximum Gasteiger partial charge on any atom is 0.416 e. The lowest BCUT2D eigenvalue weighted by Crippen LogP contribution is -2.08. The number of alkyl halides is 3. The zero-order chi connectivity index (χ0) is 12.9. The molecule has 0 aromatic heterocycles. The van der Waals surface area contributed by atoms with Crippen LogP contribution in [0, 0.1) is 12.3 Å². The van der Waals surface area contributed by atoms with Crippen molar-refractivity contribution in [1.29, 1.82) is 0 Å². The molecule has 17 heavy (non-hydrogen) atoms. The molecule has 0 spiro atoms.